The maximum Gasteiger partial charge on any atom is 0.164 e. The third-order valence-electron chi connectivity index (χ3n) is 12.2. The van der Waals surface area contributed by atoms with Crippen molar-refractivity contribution >= 4 is 5.71 Å². The molecule has 0 radical (unpaired) electrons. The fourth-order valence-corrected chi connectivity index (χ4v) is 8.57. The summed E-state index contributed by atoms with van der Waals surface area (Å²) >= 11 is 0. The van der Waals surface area contributed by atoms with Gasteiger partial charge in [0.25, 0.3) is 0 Å². The van der Waals surface area contributed by atoms with E-state index in [-0.39, 0.29) is 0 Å². The lowest BCUT2D eigenvalue weighted by molar-refractivity contribution is 1.03. The lowest BCUT2D eigenvalue weighted by Crippen LogP contribution is -2.13. The summed E-state index contributed by atoms with van der Waals surface area (Å²) in [4.78, 5) is 30.6. The van der Waals surface area contributed by atoms with Crippen LogP contribution in [0, 0.1) is 83.1 Å². The predicted octanol–water partition coefficient (Wildman–Crippen LogP) is 11.8. The number of pyridine rings is 2. The molecule has 0 saturated carbocycles. The van der Waals surface area contributed by atoms with Crippen molar-refractivity contribution in [1.29, 1.82) is 0 Å². The van der Waals surface area contributed by atoms with Crippen LogP contribution in [0.2, 0.25) is 0 Å². The van der Waals surface area contributed by atoms with Crippen molar-refractivity contribution in [3.63, 3.8) is 0 Å². The van der Waals surface area contributed by atoms with Crippen LogP contribution in [-0.2, 0) is 0 Å². The van der Waals surface area contributed by atoms with Gasteiger partial charge in [0.15, 0.2) is 17.5 Å². The van der Waals surface area contributed by atoms with Crippen LogP contribution < -0.4 is 0 Å². The second kappa shape index (κ2) is 14.3. The SMILES string of the molecule is Cc1c(C)c(-c2nc(-c3c(C)c(C)c(-c4ccccn4)c(C)c3C)nc(-c3c(C)c(C)c(-c4ccccn4)c(C)c3C)n2)c(C)c(C)c1C1=NC=CCC1. The zero-order chi connectivity index (χ0) is 38.6. The number of nitrogens with zero attached hydrogens (tertiary/aromatic N) is 6. The first-order valence-electron chi connectivity index (χ1n) is 19.0. The molecule has 0 N–H and O–H groups in total. The van der Waals surface area contributed by atoms with E-state index >= 15 is 0 Å². The number of hydrogen-bond donors (Lipinski definition) is 0. The molecule has 0 unspecified atom stereocenters. The summed E-state index contributed by atoms with van der Waals surface area (Å²) < 4.78 is 0. The summed E-state index contributed by atoms with van der Waals surface area (Å²) in [7, 11) is 0. The van der Waals surface area contributed by atoms with Crippen molar-refractivity contribution in [2.75, 3.05) is 0 Å². The summed E-state index contributed by atoms with van der Waals surface area (Å²) in [6.45, 7) is 26.4. The molecule has 0 bridgehead atoms. The Kier molecular flexibility index (Phi) is 9.74. The number of aromatic nitrogens is 5. The topological polar surface area (TPSA) is 76.8 Å². The average Bonchev–Trinajstić information content (AvgIpc) is 3.17. The van der Waals surface area contributed by atoms with Crippen molar-refractivity contribution in [3.8, 4) is 56.7 Å². The van der Waals surface area contributed by atoms with Gasteiger partial charge >= 0.3 is 0 Å². The molecule has 1 aliphatic heterocycles. The third-order valence-corrected chi connectivity index (χ3v) is 12.2. The van der Waals surface area contributed by atoms with Gasteiger partial charge in [-0.15, -0.1) is 0 Å². The highest BCUT2D eigenvalue weighted by Crippen LogP contribution is 2.42. The molecule has 54 heavy (non-hydrogen) atoms. The molecule has 4 heterocycles. The maximum atomic E-state index is 5.43. The summed E-state index contributed by atoms with van der Waals surface area (Å²) in [5, 5.41) is 0. The largest absolute Gasteiger partial charge is 0.261 e. The van der Waals surface area contributed by atoms with Crippen LogP contribution in [0.1, 0.15) is 85.2 Å². The van der Waals surface area contributed by atoms with Crippen molar-refractivity contribution in [2.45, 2.75) is 95.9 Å². The van der Waals surface area contributed by atoms with Crippen LogP contribution in [0.25, 0.3) is 56.7 Å². The van der Waals surface area contributed by atoms with Gasteiger partial charge in [-0.25, -0.2) is 15.0 Å². The Morgan fingerprint density at radius 3 is 1.02 bits per heavy atom. The lowest BCUT2D eigenvalue weighted by Gasteiger charge is -2.24. The molecule has 3 aromatic carbocycles. The molecule has 6 nitrogen and oxygen atoms in total. The maximum absolute atomic E-state index is 5.43. The van der Waals surface area contributed by atoms with Crippen LogP contribution in [0.5, 0.6) is 0 Å². The minimum atomic E-state index is 0.687. The van der Waals surface area contributed by atoms with E-state index in [0.717, 1.165) is 68.9 Å². The molecular formula is C48H50N6. The zero-order valence-corrected chi connectivity index (χ0v) is 33.9. The summed E-state index contributed by atoms with van der Waals surface area (Å²) in [5.74, 6) is 2.07. The number of aliphatic imine (C=N–C) groups is 1. The normalized spacial score (nSPS) is 12.7. The Labute approximate surface area is 320 Å². The van der Waals surface area contributed by atoms with Crippen molar-refractivity contribution in [3.05, 3.63) is 133 Å². The monoisotopic (exact) mass is 710 g/mol. The van der Waals surface area contributed by atoms with Gasteiger partial charge in [0.05, 0.1) is 11.4 Å². The second-order valence-corrected chi connectivity index (χ2v) is 15.0. The fraction of sp³-hybridized carbons (Fsp3) is 0.292. The van der Waals surface area contributed by atoms with E-state index in [1.54, 1.807) is 0 Å². The van der Waals surface area contributed by atoms with Crippen molar-refractivity contribution in [2.24, 2.45) is 4.99 Å². The highest BCUT2D eigenvalue weighted by atomic mass is 15.0. The Morgan fingerprint density at radius 1 is 0.389 bits per heavy atom. The molecule has 272 valence electrons. The Morgan fingerprint density at radius 2 is 0.722 bits per heavy atom. The molecule has 7 rings (SSSR count). The Bertz CT molecular complexity index is 2330. The molecule has 3 aromatic heterocycles. The standard InChI is InChI=1S/C48H50N6/c1-25-31(7)43(32(8)26(2)40(25)37-19-13-16-22-49-37)46-52-47(44-33(9)27(3)41(28(4)34(44)10)38-20-14-17-23-50-38)54-48(53-46)45-35(11)29(5)42(30(6)36(45)12)39-21-15-18-24-51-39/h13-14,16-20,22-24H,15,21H2,1-12H3. The van der Waals surface area contributed by atoms with Gasteiger partial charge in [-0.2, -0.15) is 0 Å². The van der Waals surface area contributed by atoms with Crippen LogP contribution in [0.15, 0.2) is 66.1 Å². The van der Waals surface area contributed by atoms with Gasteiger partial charge in [-0.05, 0) is 187 Å². The highest BCUT2D eigenvalue weighted by molar-refractivity contribution is 6.05. The highest BCUT2D eigenvalue weighted by Gasteiger charge is 2.27. The van der Waals surface area contributed by atoms with Crippen LogP contribution in [0.4, 0.5) is 0 Å². The first kappa shape index (κ1) is 36.7. The molecule has 0 amide bonds. The number of allylic oxidation sites excluding steroid dienone is 1. The second-order valence-electron chi connectivity index (χ2n) is 15.0. The van der Waals surface area contributed by atoms with Gasteiger partial charge in [0.2, 0.25) is 0 Å². The number of hydrogen-bond acceptors (Lipinski definition) is 6. The van der Waals surface area contributed by atoms with E-state index < -0.39 is 0 Å². The van der Waals surface area contributed by atoms with Crippen molar-refractivity contribution < 1.29 is 0 Å². The molecule has 0 aliphatic carbocycles. The summed E-state index contributed by atoms with van der Waals surface area (Å²) in [6, 6.07) is 12.2. The van der Waals surface area contributed by atoms with Crippen LogP contribution >= 0.6 is 0 Å². The third kappa shape index (κ3) is 5.98. The zero-order valence-electron chi connectivity index (χ0n) is 33.9. The Hall–Kier alpha value is -5.62. The minimum absolute atomic E-state index is 0.687. The summed E-state index contributed by atoms with van der Waals surface area (Å²) in [5.41, 5.74) is 23.9. The van der Waals surface area contributed by atoms with Crippen LogP contribution in [0.3, 0.4) is 0 Å². The Balaban J connectivity index is 1.55. The summed E-state index contributed by atoms with van der Waals surface area (Å²) in [6.07, 6.45) is 9.76. The molecule has 0 fully saturated rings. The van der Waals surface area contributed by atoms with E-state index in [0.29, 0.717) is 17.5 Å². The van der Waals surface area contributed by atoms with E-state index in [2.05, 4.69) is 113 Å². The quantitative estimate of drug-likeness (QED) is 0.172. The smallest absolute Gasteiger partial charge is 0.164 e. The molecule has 6 aromatic rings. The molecule has 0 atom stereocenters. The molecule has 0 saturated heterocycles. The number of benzene rings is 3. The average molecular weight is 711 g/mol. The molecule has 1 aliphatic rings. The van der Waals surface area contributed by atoms with Gasteiger partial charge in [0, 0.05) is 57.7 Å². The molecule has 6 heteroatoms. The van der Waals surface area contributed by atoms with Gasteiger partial charge in [-0.1, -0.05) is 18.2 Å². The van der Waals surface area contributed by atoms with E-state index in [1.165, 1.54) is 61.2 Å². The predicted molar refractivity (Wildman–Crippen MR) is 224 cm³/mol. The first-order chi connectivity index (χ1) is 25.8. The molecule has 0 spiro atoms. The minimum Gasteiger partial charge on any atom is -0.261 e. The fourth-order valence-electron chi connectivity index (χ4n) is 8.57. The van der Waals surface area contributed by atoms with Crippen LogP contribution in [-0.4, -0.2) is 30.6 Å². The van der Waals surface area contributed by atoms with Gasteiger partial charge in [0.1, 0.15) is 0 Å². The number of rotatable bonds is 6. The first-order valence-corrected chi connectivity index (χ1v) is 19.0. The van der Waals surface area contributed by atoms with E-state index in [1.807, 2.05) is 30.7 Å². The van der Waals surface area contributed by atoms with E-state index in [4.69, 9.17) is 29.9 Å². The van der Waals surface area contributed by atoms with Gasteiger partial charge < -0.3 is 0 Å². The lowest BCUT2D eigenvalue weighted by atomic mass is 9.84. The molecular weight excluding hydrogens is 661 g/mol. The van der Waals surface area contributed by atoms with Gasteiger partial charge in [-0.3, -0.25) is 15.0 Å². The van der Waals surface area contributed by atoms with E-state index in [9.17, 15) is 0 Å². The van der Waals surface area contributed by atoms with Crippen molar-refractivity contribution in [1.82, 2.24) is 24.9 Å².